The summed E-state index contributed by atoms with van der Waals surface area (Å²) in [7, 11) is -0.0787. The normalized spacial score (nSPS) is 14.3. The summed E-state index contributed by atoms with van der Waals surface area (Å²) in [5.74, 6) is -0.285. The van der Waals surface area contributed by atoms with Crippen molar-refractivity contribution in [1.29, 1.82) is 0 Å². The predicted molar refractivity (Wildman–Crippen MR) is 95.3 cm³/mol. The summed E-state index contributed by atoms with van der Waals surface area (Å²) in [6.45, 7) is 5.10. The van der Waals surface area contributed by atoms with Crippen molar-refractivity contribution in [3.63, 3.8) is 0 Å². The maximum Gasteiger partial charge on any atom is 0.333 e. The van der Waals surface area contributed by atoms with Crippen molar-refractivity contribution in [3.8, 4) is 5.75 Å². The lowest BCUT2D eigenvalue weighted by Gasteiger charge is -2.26. The van der Waals surface area contributed by atoms with Gasteiger partial charge in [0, 0.05) is 20.1 Å². The van der Waals surface area contributed by atoms with Crippen molar-refractivity contribution in [2.24, 2.45) is 4.47 Å². The zero-order valence-corrected chi connectivity index (χ0v) is 16.2. The molecular weight excluding hydrogens is 358 g/mol. The van der Waals surface area contributed by atoms with Gasteiger partial charge in [0.1, 0.15) is 5.75 Å². The van der Waals surface area contributed by atoms with Gasteiger partial charge in [-0.3, -0.25) is 9.59 Å². The Morgan fingerprint density at radius 3 is 2.31 bits per heavy atom. The monoisotopic (exact) mass is 381 g/mol. The summed E-state index contributed by atoms with van der Waals surface area (Å²) in [5.41, 5.74) is 0.278. The largest absolute Gasteiger partial charge is 0.496 e. The number of benzene rings is 1. The molecule has 0 N–H and O–H groups in total. The van der Waals surface area contributed by atoms with Gasteiger partial charge in [0.25, 0.3) is 5.91 Å². The minimum absolute atomic E-state index is 0.0461. The van der Waals surface area contributed by atoms with E-state index in [9.17, 15) is 18.0 Å². The molecule has 9 heteroatoms. The molecule has 0 aromatic heterocycles. The zero-order valence-electron chi connectivity index (χ0n) is 15.4. The lowest BCUT2D eigenvalue weighted by molar-refractivity contribution is -0.133. The lowest BCUT2D eigenvalue weighted by Crippen LogP contribution is -2.39. The first-order valence-electron chi connectivity index (χ1n) is 8.37. The van der Waals surface area contributed by atoms with Gasteiger partial charge in [-0.15, -0.1) is 0 Å². The van der Waals surface area contributed by atoms with Gasteiger partial charge in [0.05, 0.1) is 18.1 Å². The van der Waals surface area contributed by atoms with Crippen LogP contribution in [0.15, 0.2) is 22.7 Å². The van der Waals surface area contributed by atoms with Crippen molar-refractivity contribution in [2.75, 3.05) is 27.2 Å². The number of hydrogen-bond donors (Lipinski definition) is 0. The highest BCUT2D eigenvalue weighted by Crippen LogP contribution is 2.50. The maximum atomic E-state index is 12.9. The molecule has 0 saturated heterocycles. The molecule has 0 radical (unpaired) electrons. The van der Waals surface area contributed by atoms with Gasteiger partial charge in [-0.05, 0) is 48.9 Å². The third-order valence-corrected chi connectivity index (χ3v) is 5.05. The Morgan fingerprint density at radius 2 is 1.85 bits per heavy atom. The van der Waals surface area contributed by atoms with Crippen molar-refractivity contribution in [3.05, 3.63) is 29.3 Å². The van der Waals surface area contributed by atoms with E-state index in [2.05, 4.69) is 4.47 Å². The standard InChI is InChI=1S/C17H23N3O5S/c1-5-20(6-2)16(22)17(9-10-17)12-7-8-14(25-4)13(11-12)15(21)19(3)18-26(23)24/h7-8,11H,5-6,9-10H2,1-4H3. The smallest absolute Gasteiger partial charge is 0.333 e. The minimum Gasteiger partial charge on any atom is -0.496 e. The van der Waals surface area contributed by atoms with Crippen molar-refractivity contribution >= 4 is 22.3 Å². The SMILES string of the molecule is CCN(CC)C(=O)C1(c2ccc(OC)c(C(=O)N(C)N=S(=O)=O)c2)CC1. The first-order chi connectivity index (χ1) is 12.3. The van der Waals surface area contributed by atoms with E-state index in [-0.39, 0.29) is 11.5 Å². The molecule has 2 rings (SSSR count). The lowest BCUT2D eigenvalue weighted by atomic mass is 9.92. The summed E-state index contributed by atoms with van der Waals surface area (Å²) < 4.78 is 29.9. The fourth-order valence-electron chi connectivity index (χ4n) is 3.05. The fraction of sp³-hybridized carbons (Fsp3) is 0.529. The Labute approximate surface area is 154 Å². The Hall–Kier alpha value is -2.42. The maximum absolute atomic E-state index is 12.9. The molecule has 142 valence electrons. The van der Waals surface area contributed by atoms with Gasteiger partial charge in [-0.25, -0.2) is 5.01 Å². The molecule has 1 aliphatic carbocycles. The molecule has 0 spiro atoms. The Morgan fingerprint density at radius 1 is 1.23 bits per heavy atom. The van der Waals surface area contributed by atoms with Gasteiger partial charge in [0.15, 0.2) is 0 Å². The Bertz CT molecular complexity index is 834. The number of amides is 2. The molecule has 0 bridgehead atoms. The summed E-state index contributed by atoms with van der Waals surface area (Å²) >= 11 is 0. The van der Waals surface area contributed by atoms with E-state index in [1.54, 1.807) is 23.1 Å². The van der Waals surface area contributed by atoms with Crippen molar-refractivity contribution in [2.45, 2.75) is 32.1 Å². The van der Waals surface area contributed by atoms with Crippen LogP contribution in [0.5, 0.6) is 5.75 Å². The molecule has 1 aromatic rings. The fourth-order valence-corrected chi connectivity index (χ4v) is 3.32. The Kier molecular flexibility index (Phi) is 6.01. The topological polar surface area (TPSA) is 96.3 Å². The molecule has 8 nitrogen and oxygen atoms in total. The van der Waals surface area contributed by atoms with Crippen molar-refractivity contribution < 1.29 is 22.7 Å². The molecular formula is C17H23N3O5S. The van der Waals surface area contributed by atoms with Crippen molar-refractivity contribution in [1.82, 2.24) is 9.91 Å². The number of likely N-dealkylation sites (N-methyl/N-ethyl adjacent to an activating group) is 1. The van der Waals surface area contributed by atoms with Gasteiger partial charge >= 0.3 is 10.5 Å². The second-order valence-corrected chi connectivity index (χ2v) is 6.70. The highest BCUT2D eigenvalue weighted by molar-refractivity contribution is 7.61. The van der Waals surface area contributed by atoms with Crippen LogP contribution < -0.4 is 4.74 Å². The van der Waals surface area contributed by atoms with E-state index in [0.29, 0.717) is 31.7 Å². The minimum atomic E-state index is -2.75. The molecule has 0 atom stereocenters. The number of rotatable bonds is 7. The third-order valence-electron chi connectivity index (χ3n) is 4.68. The van der Waals surface area contributed by atoms with E-state index in [1.165, 1.54) is 14.2 Å². The summed E-state index contributed by atoms with van der Waals surface area (Å²) in [6.07, 6.45) is 1.43. The van der Waals surface area contributed by atoms with E-state index >= 15 is 0 Å². The third kappa shape index (κ3) is 3.72. The number of methoxy groups -OCH3 is 1. The van der Waals surface area contributed by atoms with Crippen LogP contribution in [0.25, 0.3) is 0 Å². The van der Waals surface area contributed by atoms with E-state index in [0.717, 1.165) is 10.6 Å². The molecule has 1 aromatic carbocycles. The van der Waals surface area contributed by atoms with Crippen LogP contribution in [0.4, 0.5) is 0 Å². The highest BCUT2D eigenvalue weighted by atomic mass is 32.2. The number of nitrogens with zero attached hydrogens (tertiary/aromatic N) is 3. The quantitative estimate of drug-likeness (QED) is 0.669. The van der Waals surface area contributed by atoms with Crippen LogP contribution in [0.2, 0.25) is 0 Å². The number of ether oxygens (including phenoxy) is 1. The molecule has 0 aliphatic heterocycles. The number of carbonyl (C=O) groups excluding carboxylic acids is 2. The number of hydrogen-bond acceptors (Lipinski definition) is 6. The molecule has 2 amide bonds. The van der Waals surface area contributed by atoms with Crippen LogP contribution in [0.1, 0.15) is 42.6 Å². The zero-order chi connectivity index (χ0) is 19.5. The second kappa shape index (κ2) is 7.86. The van der Waals surface area contributed by atoms with Crippen LogP contribution in [0.3, 0.4) is 0 Å². The van der Waals surface area contributed by atoms with Gasteiger partial charge in [-0.1, -0.05) is 6.07 Å². The summed E-state index contributed by atoms with van der Waals surface area (Å²) in [6, 6.07) is 5.02. The van der Waals surface area contributed by atoms with E-state index in [4.69, 9.17) is 4.74 Å². The average Bonchev–Trinajstić information content (AvgIpc) is 3.42. The van der Waals surface area contributed by atoms with Gasteiger partial charge in [-0.2, -0.15) is 8.42 Å². The predicted octanol–water partition coefficient (Wildman–Crippen LogP) is 1.64. The molecule has 0 heterocycles. The van der Waals surface area contributed by atoms with Crippen LogP contribution in [0, 0.1) is 0 Å². The van der Waals surface area contributed by atoms with E-state index in [1.807, 2.05) is 13.8 Å². The molecule has 1 aliphatic rings. The summed E-state index contributed by atoms with van der Waals surface area (Å²) in [5, 5.41) is 0.733. The molecule has 1 fully saturated rings. The van der Waals surface area contributed by atoms with Crippen LogP contribution in [-0.2, 0) is 20.7 Å². The molecule has 1 saturated carbocycles. The summed E-state index contributed by atoms with van der Waals surface area (Å²) in [4.78, 5) is 27.2. The van der Waals surface area contributed by atoms with Crippen LogP contribution in [-0.4, -0.2) is 57.4 Å². The molecule has 0 unspecified atom stereocenters. The number of carbonyl (C=O) groups is 2. The van der Waals surface area contributed by atoms with Crippen LogP contribution >= 0.6 is 0 Å². The Balaban J connectivity index is 2.46. The average molecular weight is 381 g/mol. The highest BCUT2D eigenvalue weighted by Gasteiger charge is 2.52. The van der Waals surface area contributed by atoms with E-state index < -0.39 is 21.8 Å². The first-order valence-corrected chi connectivity index (χ1v) is 9.40. The second-order valence-electron chi connectivity index (χ2n) is 6.10. The van der Waals surface area contributed by atoms with Gasteiger partial charge in [0.2, 0.25) is 5.91 Å². The first kappa shape index (κ1) is 19.9. The van der Waals surface area contributed by atoms with Gasteiger partial charge < -0.3 is 9.64 Å². The molecule has 26 heavy (non-hydrogen) atoms.